The van der Waals surface area contributed by atoms with Crippen molar-refractivity contribution in [2.24, 2.45) is 0 Å². The normalized spacial score (nSPS) is 14.0. The van der Waals surface area contributed by atoms with E-state index in [2.05, 4.69) is 34.5 Å². The number of nitrogens with one attached hydrogen (secondary N) is 1. The molecule has 4 heteroatoms. The maximum absolute atomic E-state index is 12.3. The van der Waals surface area contributed by atoms with Crippen molar-refractivity contribution in [2.45, 2.75) is 24.3 Å². The monoisotopic (exact) mass is 326 g/mol. The van der Waals surface area contributed by atoms with Crippen LogP contribution in [0.1, 0.15) is 28.8 Å². The minimum absolute atomic E-state index is 0.0152. The summed E-state index contributed by atoms with van der Waals surface area (Å²) in [4.78, 5) is 15.8. The zero-order valence-electron chi connectivity index (χ0n) is 13.4. The van der Waals surface area contributed by atoms with Crippen molar-refractivity contribution in [1.29, 1.82) is 0 Å². The second-order valence-corrected chi connectivity index (χ2v) is 6.59. The maximum Gasteiger partial charge on any atom is 0.252 e. The van der Waals surface area contributed by atoms with Crippen LogP contribution in [-0.4, -0.2) is 25.3 Å². The third-order valence-corrected chi connectivity index (χ3v) is 5.01. The van der Waals surface area contributed by atoms with Gasteiger partial charge in [0.25, 0.3) is 5.91 Å². The minimum Gasteiger partial charge on any atom is -0.372 e. The molecule has 1 amide bonds. The highest BCUT2D eigenvalue weighted by molar-refractivity contribution is 7.98. The first-order chi connectivity index (χ1) is 11.3. The van der Waals surface area contributed by atoms with Crippen LogP contribution >= 0.6 is 11.8 Å². The van der Waals surface area contributed by atoms with Gasteiger partial charge < -0.3 is 10.2 Å². The highest BCUT2D eigenvalue weighted by atomic mass is 32.2. The summed E-state index contributed by atoms with van der Waals surface area (Å²) in [5.41, 5.74) is 3.15. The van der Waals surface area contributed by atoms with Crippen LogP contribution in [0.4, 0.5) is 5.69 Å². The van der Waals surface area contributed by atoms with Crippen molar-refractivity contribution in [3.63, 3.8) is 0 Å². The van der Waals surface area contributed by atoms with Gasteiger partial charge in [0.05, 0.1) is 5.56 Å². The fraction of sp³-hybridized carbons (Fsp3) is 0.316. The Morgan fingerprint density at radius 1 is 1.09 bits per heavy atom. The van der Waals surface area contributed by atoms with Crippen LogP contribution in [0, 0.1) is 0 Å². The predicted octanol–water partition coefficient (Wildman–Crippen LogP) is 3.94. The Bertz CT molecular complexity index is 663. The lowest BCUT2D eigenvalue weighted by Gasteiger charge is -2.17. The van der Waals surface area contributed by atoms with Crippen LogP contribution in [-0.2, 0) is 6.54 Å². The smallest absolute Gasteiger partial charge is 0.252 e. The molecule has 1 fully saturated rings. The fourth-order valence-electron chi connectivity index (χ4n) is 2.91. The molecule has 0 saturated carbocycles. The highest BCUT2D eigenvalue weighted by Gasteiger charge is 2.12. The topological polar surface area (TPSA) is 32.3 Å². The first-order valence-electron chi connectivity index (χ1n) is 8.03. The molecule has 2 aromatic carbocycles. The molecule has 1 N–H and O–H groups in total. The molecule has 0 radical (unpaired) electrons. The Kier molecular flexibility index (Phi) is 5.23. The molecule has 1 aliphatic heterocycles. The summed E-state index contributed by atoms with van der Waals surface area (Å²) >= 11 is 1.60. The van der Waals surface area contributed by atoms with Crippen LogP contribution in [0.3, 0.4) is 0 Å². The van der Waals surface area contributed by atoms with Crippen LogP contribution < -0.4 is 10.2 Å². The molecule has 1 heterocycles. The van der Waals surface area contributed by atoms with Crippen molar-refractivity contribution in [1.82, 2.24) is 5.32 Å². The van der Waals surface area contributed by atoms with Crippen LogP contribution in [0.2, 0.25) is 0 Å². The van der Waals surface area contributed by atoms with E-state index in [1.54, 1.807) is 11.8 Å². The molecule has 23 heavy (non-hydrogen) atoms. The zero-order valence-corrected chi connectivity index (χ0v) is 14.2. The van der Waals surface area contributed by atoms with E-state index in [4.69, 9.17) is 0 Å². The number of carbonyl (C=O) groups is 1. The van der Waals surface area contributed by atoms with Gasteiger partial charge in [-0.05, 0) is 48.9 Å². The molecule has 0 bridgehead atoms. The number of amides is 1. The second-order valence-electron chi connectivity index (χ2n) is 5.74. The average Bonchev–Trinajstić information content (AvgIpc) is 3.14. The fourth-order valence-corrected chi connectivity index (χ4v) is 3.51. The SMILES string of the molecule is CSc1ccccc1C(=O)NCc1ccc(N2CCCC2)cc1. The van der Waals surface area contributed by atoms with Crippen LogP contribution in [0.5, 0.6) is 0 Å². The largest absolute Gasteiger partial charge is 0.372 e. The van der Waals surface area contributed by atoms with Crippen molar-refractivity contribution in [3.05, 3.63) is 59.7 Å². The first kappa shape index (κ1) is 15.9. The molecule has 1 aliphatic rings. The standard InChI is InChI=1S/C19H22N2OS/c1-23-18-7-3-2-6-17(18)19(22)20-14-15-8-10-16(11-9-15)21-12-4-5-13-21/h2-3,6-11H,4-5,12-14H2,1H3,(H,20,22). The zero-order chi connectivity index (χ0) is 16.1. The third-order valence-electron chi connectivity index (χ3n) is 4.21. The van der Waals surface area contributed by atoms with Gasteiger partial charge in [-0.2, -0.15) is 0 Å². The molecule has 0 aliphatic carbocycles. The van der Waals surface area contributed by atoms with Crippen molar-refractivity contribution in [3.8, 4) is 0 Å². The van der Waals surface area contributed by atoms with Gasteiger partial charge in [0, 0.05) is 30.2 Å². The number of hydrogen-bond acceptors (Lipinski definition) is 3. The molecular weight excluding hydrogens is 304 g/mol. The highest BCUT2D eigenvalue weighted by Crippen LogP contribution is 2.21. The Balaban J connectivity index is 1.60. The van der Waals surface area contributed by atoms with Crippen molar-refractivity contribution >= 4 is 23.4 Å². The number of carbonyl (C=O) groups excluding carboxylic acids is 1. The molecule has 0 atom stereocenters. The molecule has 0 spiro atoms. The van der Waals surface area contributed by atoms with E-state index in [9.17, 15) is 4.79 Å². The summed E-state index contributed by atoms with van der Waals surface area (Å²) in [6.45, 7) is 2.87. The van der Waals surface area contributed by atoms with Gasteiger partial charge in [-0.1, -0.05) is 24.3 Å². The van der Waals surface area contributed by atoms with Gasteiger partial charge in [-0.15, -0.1) is 11.8 Å². The molecule has 3 rings (SSSR count). The van der Waals surface area contributed by atoms with E-state index in [0.717, 1.165) is 29.1 Å². The number of benzene rings is 2. The summed E-state index contributed by atoms with van der Waals surface area (Å²) in [5, 5.41) is 3.01. The summed E-state index contributed by atoms with van der Waals surface area (Å²) in [5.74, 6) is -0.0152. The van der Waals surface area contributed by atoms with E-state index in [1.807, 2.05) is 30.5 Å². The Morgan fingerprint density at radius 2 is 1.78 bits per heavy atom. The molecule has 0 aromatic heterocycles. The lowest BCUT2D eigenvalue weighted by atomic mass is 10.1. The molecule has 2 aromatic rings. The van der Waals surface area contributed by atoms with Crippen LogP contribution in [0.25, 0.3) is 0 Å². The second kappa shape index (κ2) is 7.55. The van der Waals surface area contributed by atoms with E-state index in [-0.39, 0.29) is 5.91 Å². The molecule has 1 saturated heterocycles. The molecule has 0 unspecified atom stereocenters. The van der Waals surface area contributed by atoms with Gasteiger partial charge in [0.2, 0.25) is 0 Å². The number of anilines is 1. The van der Waals surface area contributed by atoms with Crippen molar-refractivity contribution < 1.29 is 4.79 Å². The summed E-state index contributed by atoms with van der Waals surface area (Å²) in [6.07, 6.45) is 4.56. The van der Waals surface area contributed by atoms with E-state index < -0.39 is 0 Å². The Hall–Kier alpha value is -1.94. The van der Waals surface area contributed by atoms with Gasteiger partial charge in [-0.3, -0.25) is 4.79 Å². The molecule has 120 valence electrons. The summed E-state index contributed by atoms with van der Waals surface area (Å²) < 4.78 is 0. The van der Waals surface area contributed by atoms with Crippen LogP contribution in [0.15, 0.2) is 53.4 Å². The third kappa shape index (κ3) is 3.88. The number of thioether (sulfide) groups is 1. The number of rotatable bonds is 5. The van der Waals surface area contributed by atoms with Gasteiger partial charge in [-0.25, -0.2) is 0 Å². The maximum atomic E-state index is 12.3. The average molecular weight is 326 g/mol. The first-order valence-corrected chi connectivity index (χ1v) is 9.25. The van der Waals surface area contributed by atoms with Gasteiger partial charge in [0.1, 0.15) is 0 Å². The predicted molar refractivity (Wildman–Crippen MR) is 97.3 cm³/mol. The van der Waals surface area contributed by atoms with Crippen molar-refractivity contribution in [2.75, 3.05) is 24.2 Å². The lowest BCUT2D eigenvalue weighted by molar-refractivity contribution is 0.0948. The van der Waals surface area contributed by atoms with Gasteiger partial charge >= 0.3 is 0 Å². The van der Waals surface area contributed by atoms with Gasteiger partial charge in [0.15, 0.2) is 0 Å². The Labute approximate surface area is 142 Å². The van der Waals surface area contributed by atoms with E-state index >= 15 is 0 Å². The number of nitrogens with zero attached hydrogens (tertiary/aromatic N) is 1. The Morgan fingerprint density at radius 3 is 2.48 bits per heavy atom. The quantitative estimate of drug-likeness (QED) is 0.845. The van der Waals surface area contributed by atoms with E-state index in [0.29, 0.717) is 6.54 Å². The summed E-state index contributed by atoms with van der Waals surface area (Å²) in [6, 6.07) is 16.2. The summed E-state index contributed by atoms with van der Waals surface area (Å²) in [7, 11) is 0. The lowest BCUT2D eigenvalue weighted by Crippen LogP contribution is -2.23. The molecular formula is C19H22N2OS. The number of hydrogen-bond donors (Lipinski definition) is 1. The molecule has 3 nitrogen and oxygen atoms in total. The van der Waals surface area contributed by atoms with E-state index in [1.165, 1.54) is 18.5 Å². The minimum atomic E-state index is -0.0152.